The molecule has 112 valence electrons. The van der Waals surface area contributed by atoms with E-state index in [2.05, 4.69) is 10.3 Å². The number of nitrogens with one attached hydrogen (secondary N) is 1. The summed E-state index contributed by atoms with van der Waals surface area (Å²) in [6.45, 7) is 2.87. The number of nitrogen functional groups attached to an aromatic ring is 1. The summed E-state index contributed by atoms with van der Waals surface area (Å²) in [6.07, 6.45) is 0. The van der Waals surface area contributed by atoms with Gasteiger partial charge in [0.25, 0.3) is 0 Å². The molecule has 0 aliphatic carbocycles. The van der Waals surface area contributed by atoms with Crippen molar-refractivity contribution in [3.63, 3.8) is 0 Å². The molecule has 0 aliphatic heterocycles. The lowest BCUT2D eigenvalue weighted by Gasteiger charge is -2.16. The Kier molecular flexibility index (Phi) is 4.84. The Hall–Kier alpha value is -2.47. The SMILES string of the molecule is CCOc1c(CN)cccc1Nc1nc(OC)ccc1N. The smallest absolute Gasteiger partial charge is 0.215 e. The maximum absolute atomic E-state index is 5.94. The van der Waals surface area contributed by atoms with Crippen molar-refractivity contribution in [1.82, 2.24) is 4.98 Å². The van der Waals surface area contributed by atoms with E-state index in [4.69, 9.17) is 20.9 Å². The van der Waals surface area contributed by atoms with Crippen molar-refractivity contribution in [3.05, 3.63) is 35.9 Å². The van der Waals surface area contributed by atoms with Gasteiger partial charge in [-0.1, -0.05) is 12.1 Å². The highest BCUT2D eigenvalue weighted by atomic mass is 16.5. The van der Waals surface area contributed by atoms with E-state index in [1.165, 1.54) is 0 Å². The Morgan fingerprint density at radius 1 is 1.24 bits per heavy atom. The van der Waals surface area contributed by atoms with E-state index in [0.717, 1.165) is 11.3 Å². The maximum Gasteiger partial charge on any atom is 0.215 e. The van der Waals surface area contributed by atoms with Crippen molar-refractivity contribution in [3.8, 4) is 11.6 Å². The van der Waals surface area contributed by atoms with Crippen LogP contribution in [0.4, 0.5) is 17.2 Å². The Labute approximate surface area is 124 Å². The molecule has 1 heterocycles. The summed E-state index contributed by atoms with van der Waals surface area (Å²) in [5, 5.41) is 3.18. The summed E-state index contributed by atoms with van der Waals surface area (Å²) in [5.74, 6) is 1.72. The predicted molar refractivity (Wildman–Crippen MR) is 84.0 cm³/mol. The first-order valence-corrected chi connectivity index (χ1v) is 6.71. The fourth-order valence-corrected chi connectivity index (χ4v) is 1.95. The predicted octanol–water partition coefficient (Wildman–Crippen LogP) is 2.27. The van der Waals surface area contributed by atoms with Gasteiger partial charge in [0.15, 0.2) is 5.82 Å². The lowest BCUT2D eigenvalue weighted by molar-refractivity contribution is 0.338. The van der Waals surface area contributed by atoms with Gasteiger partial charge in [0.1, 0.15) is 5.75 Å². The molecule has 2 aromatic rings. The first kappa shape index (κ1) is 14.9. The molecule has 21 heavy (non-hydrogen) atoms. The van der Waals surface area contributed by atoms with Crippen molar-refractivity contribution in [2.45, 2.75) is 13.5 Å². The van der Waals surface area contributed by atoms with E-state index < -0.39 is 0 Å². The average Bonchev–Trinajstić information content (AvgIpc) is 2.51. The van der Waals surface area contributed by atoms with Gasteiger partial charge in [-0.05, 0) is 19.1 Å². The van der Waals surface area contributed by atoms with Gasteiger partial charge >= 0.3 is 0 Å². The number of aromatic nitrogens is 1. The van der Waals surface area contributed by atoms with Crippen molar-refractivity contribution < 1.29 is 9.47 Å². The van der Waals surface area contributed by atoms with Crippen LogP contribution in [0.3, 0.4) is 0 Å². The highest BCUT2D eigenvalue weighted by Crippen LogP contribution is 2.33. The topological polar surface area (TPSA) is 95.4 Å². The molecule has 6 nitrogen and oxygen atoms in total. The number of ether oxygens (including phenoxy) is 2. The fraction of sp³-hybridized carbons (Fsp3) is 0.267. The van der Waals surface area contributed by atoms with E-state index >= 15 is 0 Å². The van der Waals surface area contributed by atoms with E-state index in [1.807, 2.05) is 25.1 Å². The molecule has 0 saturated heterocycles. The number of nitrogens with two attached hydrogens (primary N) is 2. The Bertz CT molecular complexity index is 617. The molecule has 2 rings (SSSR count). The Balaban J connectivity index is 2.39. The van der Waals surface area contributed by atoms with Crippen LogP contribution in [0.1, 0.15) is 12.5 Å². The second-order valence-corrected chi connectivity index (χ2v) is 4.35. The zero-order valence-corrected chi connectivity index (χ0v) is 12.2. The average molecular weight is 288 g/mol. The van der Waals surface area contributed by atoms with Crippen LogP contribution >= 0.6 is 0 Å². The number of nitrogens with zero attached hydrogens (tertiary/aromatic N) is 1. The van der Waals surface area contributed by atoms with Crippen LogP contribution < -0.4 is 26.3 Å². The lowest BCUT2D eigenvalue weighted by Crippen LogP contribution is -2.06. The van der Waals surface area contributed by atoms with Gasteiger partial charge in [0.05, 0.1) is 25.1 Å². The lowest BCUT2D eigenvalue weighted by atomic mass is 10.1. The van der Waals surface area contributed by atoms with E-state index in [0.29, 0.717) is 36.3 Å². The van der Waals surface area contributed by atoms with Gasteiger partial charge in [0, 0.05) is 18.2 Å². The third-order valence-corrected chi connectivity index (χ3v) is 2.97. The highest BCUT2D eigenvalue weighted by Gasteiger charge is 2.11. The molecule has 1 aromatic carbocycles. The minimum atomic E-state index is 0.395. The summed E-state index contributed by atoms with van der Waals surface area (Å²) < 4.78 is 10.8. The van der Waals surface area contributed by atoms with Gasteiger partial charge in [-0.25, -0.2) is 0 Å². The van der Waals surface area contributed by atoms with Crippen molar-refractivity contribution in [1.29, 1.82) is 0 Å². The standard InChI is InChI=1S/C15H20N4O2/c1-3-21-14-10(9-16)5-4-6-12(14)18-15-11(17)7-8-13(19-15)20-2/h4-8H,3,9,16-17H2,1-2H3,(H,18,19). The first-order chi connectivity index (χ1) is 10.2. The summed E-state index contributed by atoms with van der Waals surface area (Å²) in [4.78, 5) is 4.30. The second-order valence-electron chi connectivity index (χ2n) is 4.35. The van der Waals surface area contributed by atoms with Crippen LogP contribution in [0.15, 0.2) is 30.3 Å². The van der Waals surface area contributed by atoms with Gasteiger partial charge < -0.3 is 26.3 Å². The molecule has 0 unspecified atom stereocenters. The number of benzene rings is 1. The third kappa shape index (κ3) is 3.35. The van der Waals surface area contributed by atoms with E-state index in [1.54, 1.807) is 19.2 Å². The van der Waals surface area contributed by atoms with Gasteiger partial charge in [-0.3, -0.25) is 0 Å². The summed E-state index contributed by atoms with van der Waals surface area (Å²) in [5.41, 5.74) is 13.9. The number of hydrogen-bond acceptors (Lipinski definition) is 6. The Morgan fingerprint density at radius 2 is 2.05 bits per heavy atom. The van der Waals surface area contributed by atoms with Crippen LogP contribution in [0.2, 0.25) is 0 Å². The monoisotopic (exact) mass is 288 g/mol. The summed E-state index contributed by atoms with van der Waals surface area (Å²) >= 11 is 0. The molecule has 0 spiro atoms. The van der Waals surface area contributed by atoms with E-state index in [-0.39, 0.29) is 0 Å². The summed E-state index contributed by atoms with van der Waals surface area (Å²) in [6, 6.07) is 9.17. The molecule has 0 amide bonds. The first-order valence-electron chi connectivity index (χ1n) is 6.71. The molecule has 1 aromatic heterocycles. The van der Waals surface area contributed by atoms with Gasteiger partial charge in [-0.2, -0.15) is 4.98 Å². The third-order valence-electron chi connectivity index (χ3n) is 2.97. The number of rotatable bonds is 6. The molecule has 0 aliphatic rings. The Morgan fingerprint density at radius 3 is 2.71 bits per heavy atom. The number of anilines is 3. The summed E-state index contributed by atoms with van der Waals surface area (Å²) in [7, 11) is 1.56. The number of para-hydroxylation sites is 1. The number of pyridine rings is 1. The molecule has 0 bridgehead atoms. The molecule has 0 atom stereocenters. The van der Waals surface area contributed by atoms with Crippen molar-refractivity contribution >= 4 is 17.2 Å². The van der Waals surface area contributed by atoms with E-state index in [9.17, 15) is 0 Å². The minimum Gasteiger partial charge on any atom is -0.491 e. The van der Waals surface area contributed by atoms with Crippen LogP contribution in [-0.4, -0.2) is 18.7 Å². The molecule has 5 N–H and O–H groups in total. The van der Waals surface area contributed by atoms with Crippen molar-refractivity contribution in [2.24, 2.45) is 5.73 Å². The molecule has 0 saturated carbocycles. The van der Waals surface area contributed by atoms with Crippen LogP contribution in [0, 0.1) is 0 Å². The maximum atomic E-state index is 5.94. The molecular formula is C15H20N4O2. The van der Waals surface area contributed by atoms with Crippen molar-refractivity contribution in [2.75, 3.05) is 24.8 Å². The van der Waals surface area contributed by atoms with Crippen LogP contribution in [-0.2, 0) is 6.54 Å². The van der Waals surface area contributed by atoms with Gasteiger partial charge in [-0.15, -0.1) is 0 Å². The molecule has 0 radical (unpaired) electrons. The molecular weight excluding hydrogens is 268 g/mol. The number of hydrogen-bond donors (Lipinski definition) is 3. The normalized spacial score (nSPS) is 10.2. The zero-order chi connectivity index (χ0) is 15.2. The minimum absolute atomic E-state index is 0.395. The molecule has 0 fully saturated rings. The zero-order valence-electron chi connectivity index (χ0n) is 12.2. The van der Waals surface area contributed by atoms with Crippen LogP contribution in [0.25, 0.3) is 0 Å². The second kappa shape index (κ2) is 6.81. The number of methoxy groups -OCH3 is 1. The van der Waals surface area contributed by atoms with Crippen LogP contribution in [0.5, 0.6) is 11.6 Å². The fourth-order valence-electron chi connectivity index (χ4n) is 1.95. The quantitative estimate of drug-likeness (QED) is 0.754. The van der Waals surface area contributed by atoms with Gasteiger partial charge in [0.2, 0.25) is 5.88 Å². The molecule has 6 heteroatoms. The largest absolute Gasteiger partial charge is 0.491 e. The highest BCUT2D eigenvalue weighted by molar-refractivity contribution is 5.73.